The Morgan fingerprint density at radius 3 is 2.84 bits per heavy atom. The average molecular weight is 446 g/mol. The Balaban J connectivity index is 1.38. The maximum absolute atomic E-state index is 13.1. The first-order valence-electron chi connectivity index (χ1n) is 10.7. The fourth-order valence-electron chi connectivity index (χ4n) is 4.07. The molecule has 0 saturated carbocycles. The predicted octanol–water partition coefficient (Wildman–Crippen LogP) is 4.03. The number of pyridine rings is 1. The molecule has 7 nitrogen and oxygen atoms in total. The molecular weight excluding hydrogens is 422 g/mol. The number of amides is 2. The van der Waals surface area contributed by atoms with Gasteiger partial charge in [-0.05, 0) is 48.2 Å². The van der Waals surface area contributed by atoms with E-state index in [1.165, 1.54) is 0 Å². The molecule has 4 aromatic rings. The van der Waals surface area contributed by atoms with E-state index < -0.39 is 0 Å². The van der Waals surface area contributed by atoms with Crippen LogP contribution in [-0.4, -0.2) is 37.8 Å². The Morgan fingerprint density at radius 2 is 2.09 bits per heavy atom. The van der Waals surface area contributed by atoms with Gasteiger partial charge in [-0.15, -0.1) is 11.3 Å². The molecule has 0 radical (unpaired) electrons. The summed E-state index contributed by atoms with van der Waals surface area (Å²) in [6.45, 7) is 3.76. The molecule has 2 amide bonds. The standard InChI is InChI=1S/C24H23N5O2S/c1-2-18(21-7-5-13-32-21)27-23(30)16-8-9-20-19(14-16)26-22-24(31)28(11-12-29(20)22)15-17-6-3-4-10-25-17/h3-10,13-14,18H,2,11-12,15H2,1H3,(H,27,30)/t18-/m1/s1. The Kier molecular flexibility index (Phi) is 5.45. The molecule has 0 spiro atoms. The van der Waals surface area contributed by atoms with Gasteiger partial charge < -0.3 is 14.8 Å². The van der Waals surface area contributed by atoms with Crippen LogP contribution in [0.4, 0.5) is 0 Å². The SMILES string of the molecule is CC[C@@H](NC(=O)c1ccc2c(c1)nc1n2CCN(Cc2ccccn2)C1=O)c1cccs1. The molecular formula is C24H23N5O2S. The molecule has 1 N–H and O–H groups in total. The molecule has 1 aromatic carbocycles. The summed E-state index contributed by atoms with van der Waals surface area (Å²) in [6, 6.07) is 15.2. The topological polar surface area (TPSA) is 80.1 Å². The number of thiophene rings is 1. The van der Waals surface area contributed by atoms with Crippen molar-refractivity contribution in [3.63, 3.8) is 0 Å². The first kappa shape index (κ1) is 20.4. The zero-order valence-corrected chi connectivity index (χ0v) is 18.5. The number of imidazole rings is 1. The minimum Gasteiger partial charge on any atom is -0.344 e. The van der Waals surface area contributed by atoms with Crippen molar-refractivity contribution in [1.82, 2.24) is 24.8 Å². The lowest BCUT2D eigenvalue weighted by atomic mass is 10.1. The zero-order chi connectivity index (χ0) is 22.1. The van der Waals surface area contributed by atoms with E-state index in [9.17, 15) is 9.59 Å². The van der Waals surface area contributed by atoms with E-state index in [0.717, 1.165) is 22.5 Å². The van der Waals surface area contributed by atoms with Gasteiger partial charge in [-0.3, -0.25) is 14.6 Å². The first-order chi connectivity index (χ1) is 15.6. The van der Waals surface area contributed by atoms with Gasteiger partial charge in [-0.25, -0.2) is 4.98 Å². The summed E-state index contributed by atoms with van der Waals surface area (Å²) in [4.78, 5) is 37.8. The Hall–Kier alpha value is -3.52. The Bertz CT molecular complexity index is 1270. The minimum absolute atomic E-state index is 0.0184. The van der Waals surface area contributed by atoms with Crippen molar-refractivity contribution in [2.24, 2.45) is 0 Å². The van der Waals surface area contributed by atoms with E-state index in [1.807, 2.05) is 46.3 Å². The van der Waals surface area contributed by atoms with E-state index in [2.05, 4.69) is 22.2 Å². The molecule has 32 heavy (non-hydrogen) atoms. The van der Waals surface area contributed by atoms with Crippen molar-refractivity contribution in [3.8, 4) is 0 Å². The molecule has 1 aliphatic rings. The second-order valence-corrected chi connectivity index (χ2v) is 8.77. The fourth-order valence-corrected chi connectivity index (χ4v) is 4.93. The third-order valence-electron chi connectivity index (χ3n) is 5.76. The zero-order valence-electron chi connectivity index (χ0n) is 17.7. The monoisotopic (exact) mass is 445 g/mol. The normalized spacial score (nSPS) is 14.4. The minimum atomic E-state index is -0.138. The molecule has 0 unspecified atom stereocenters. The second kappa shape index (κ2) is 8.55. The van der Waals surface area contributed by atoms with Gasteiger partial charge >= 0.3 is 0 Å². The maximum atomic E-state index is 13.1. The van der Waals surface area contributed by atoms with Gasteiger partial charge in [0.05, 0.1) is 29.3 Å². The van der Waals surface area contributed by atoms with Gasteiger partial charge in [0, 0.05) is 29.7 Å². The molecule has 0 saturated heterocycles. The van der Waals surface area contributed by atoms with Gasteiger partial charge in [0.15, 0.2) is 5.82 Å². The lowest BCUT2D eigenvalue weighted by molar-refractivity contribution is 0.0682. The summed E-state index contributed by atoms with van der Waals surface area (Å²) in [6.07, 6.45) is 2.54. The molecule has 0 fully saturated rings. The number of nitrogens with one attached hydrogen (secondary N) is 1. The van der Waals surface area contributed by atoms with Crippen LogP contribution in [0.15, 0.2) is 60.1 Å². The number of fused-ring (bicyclic) bond motifs is 3. The van der Waals surface area contributed by atoms with Crippen LogP contribution in [0.1, 0.15) is 50.9 Å². The summed E-state index contributed by atoms with van der Waals surface area (Å²) in [7, 11) is 0. The maximum Gasteiger partial charge on any atom is 0.290 e. The van der Waals surface area contributed by atoms with E-state index in [4.69, 9.17) is 0 Å². The summed E-state index contributed by atoms with van der Waals surface area (Å²) < 4.78 is 1.94. The molecule has 0 bridgehead atoms. The molecule has 5 rings (SSSR count). The largest absolute Gasteiger partial charge is 0.344 e. The van der Waals surface area contributed by atoms with Crippen LogP contribution < -0.4 is 5.32 Å². The van der Waals surface area contributed by atoms with Crippen LogP contribution in [0.25, 0.3) is 11.0 Å². The Labute approximate surface area is 189 Å². The molecule has 8 heteroatoms. The smallest absolute Gasteiger partial charge is 0.290 e. The third-order valence-corrected chi connectivity index (χ3v) is 6.75. The number of hydrogen-bond donors (Lipinski definition) is 1. The Morgan fingerprint density at radius 1 is 1.19 bits per heavy atom. The highest BCUT2D eigenvalue weighted by Crippen LogP contribution is 2.25. The van der Waals surface area contributed by atoms with Crippen LogP contribution in [0.2, 0.25) is 0 Å². The van der Waals surface area contributed by atoms with Gasteiger partial charge in [-0.2, -0.15) is 0 Å². The molecule has 4 heterocycles. The average Bonchev–Trinajstić information content (AvgIpc) is 3.48. The number of carbonyl (C=O) groups excluding carboxylic acids is 2. The molecule has 1 atom stereocenters. The molecule has 3 aromatic heterocycles. The predicted molar refractivity (Wildman–Crippen MR) is 124 cm³/mol. The number of benzene rings is 1. The lowest BCUT2D eigenvalue weighted by Gasteiger charge is -2.27. The highest BCUT2D eigenvalue weighted by molar-refractivity contribution is 7.10. The summed E-state index contributed by atoms with van der Waals surface area (Å²) in [5.41, 5.74) is 2.92. The highest BCUT2D eigenvalue weighted by atomic mass is 32.1. The van der Waals surface area contributed by atoms with E-state index in [0.29, 0.717) is 36.5 Å². The van der Waals surface area contributed by atoms with Gasteiger partial charge in [-0.1, -0.05) is 19.1 Å². The van der Waals surface area contributed by atoms with Crippen molar-refractivity contribution < 1.29 is 9.59 Å². The second-order valence-electron chi connectivity index (χ2n) is 7.79. The molecule has 1 aliphatic heterocycles. The highest BCUT2D eigenvalue weighted by Gasteiger charge is 2.28. The first-order valence-corrected chi connectivity index (χ1v) is 11.6. The van der Waals surface area contributed by atoms with Gasteiger partial charge in [0.1, 0.15) is 0 Å². The number of hydrogen-bond acceptors (Lipinski definition) is 5. The number of nitrogens with zero attached hydrogens (tertiary/aromatic N) is 4. The third kappa shape index (κ3) is 3.78. The number of carbonyl (C=O) groups is 2. The summed E-state index contributed by atoms with van der Waals surface area (Å²) in [5.74, 6) is 0.152. The van der Waals surface area contributed by atoms with Crippen LogP contribution in [0.3, 0.4) is 0 Å². The van der Waals surface area contributed by atoms with E-state index in [-0.39, 0.29) is 17.9 Å². The number of aromatic nitrogens is 3. The van der Waals surface area contributed by atoms with Crippen molar-refractivity contribution in [2.75, 3.05) is 6.54 Å². The van der Waals surface area contributed by atoms with Crippen LogP contribution in [-0.2, 0) is 13.1 Å². The van der Waals surface area contributed by atoms with Crippen molar-refractivity contribution in [1.29, 1.82) is 0 Å². The van der Waals surface area contributed by atoms with Crippen LogP contribution in [0.5, 0.6) is 0 Å². The van der Waals surface area contributed by atoms with Crippen molar-refractivity contribution in [2.45, 2.75) is 32.5 Å². The van der Waals surface area contributed by atoms with E-state index in [1.54, 1.807) is 34.6 Å². The van der Waals surface area contributed by atoms with Gasteiger partial charge in [0.2, 0.25) is 0 Å². The quantitative estimate of drug-likeness (QED) is 0.486. The van der Waals surface area contributed by atoms with Gasteiger partial charge in [0.25, 0.3) is 11.8 Å². The van der Waals surface area contributed by atoms with E-state index >= 15 is 0 Å². The molecule has 0 aliphatic carbocycles. The lowest BCUT2D eigenvalue weighted by Crippen LogP contribution is -2.40. The van der Waals surface area contributed by atoms with Crippen LogP contribution >= 0.6 is 11.3 Å². The summed E-state index contributed by atoms with van der Waals surface area (Å²) in [5, 5.41) is 5.12. The molecule has 162 valence electrons. The van der Waals surface area contributed by atoms with Crippen LogP contribution in [0, 0.1) is 0 Å². The van der Waals surface area contributed by atoms with Crippen molar-refractivity contribution in [3.05, 3.63) is 82.1 Å². The van der Waals surface area contributed by atoms with Crippen molar-refractivity contribution >= 4 is 34.2 Å². The number of rotatable bonds is 6. The fraction of sp³-hybridized carbons (Fsp3) is 0.250. The summed E-state index contributed by atoms with van der Waals surface area (Å²) >= 11 is 1.64.